The number of nitrogens with zero attached hydrogens (tertiary/aromatic N) is 1. The second-order valence-corrected chi connectivity index (χ2v) is 6.53. The number of thiophene rings is 1. The summed E-state index contributed by atoms with van der Waals surface area (Å²) in [5, 5.41) is 2.87. The first-order chi connectivity index (χ1) is 12.2. The van der Waals surface area contributed by atoms with E-state index < -0.39 is 5.97 Å². The van der Waals surface area contributed by atoms with Crippen LogP contribution in [0.4, 0.5) is 0 Å². The van der Waals surface area contributed by atoms with Gasteiger partial charge in [0.2, 0.25) is 5.78 Å². The van der Waals surface area contributed by atoms with Gasteiger partial charge in [-0.15, -0.1) is 11.3 Å². The molecule has 0 bridgehead atoms. The quantitative estimate of drug-likeness (QED) is 0.401. The number of rotatable bonds is 4. The number of carbonyl (C=O) groups excluding carboxylic acids is 2. The first-order valence-electron chi connectivity index (χ1n) is 7.99. The molecule has 0 fully saturated rings. The Labute approximate surface area is 148 Å². The number of benzene rings is 1. The summed E-state index contributed by atoms with van der Waals surface area (Å²) in [5.41, 5.74) is 2.44. The summed E-state index contributed by atoms with van der Waals surface area (Å²) in [5.74, 6) is -0.516. The Morgan fingerprint density at radius 3 is 2.64 bits per heavy atom. The van der Waals surface area contributed by atoms with Crippen molar-refractivity contribution in [3.8, 4) is 0 Å². The number of hydrogen-bond acceptors (Lipinski definition) is 4. The lowest BCUT2D eigenvalue weighted by atomic mass is 10.2. The van der Waals surface area contributed by atoms with Crippen molar-refractivity contribution in [2.24, 2.45) is 0 Å². The average molecular weight is 349 g/mol. The van der Waals surface area contributed by atoms with Crippen molar-refractivity contribution in [1.82, 2.24) is 4.40 Å². The second kappa shape index (κ2) is 6.18. The summed E-state index contributed by atoms with van der Waals surface area (Å²) in [6.45, 7) is 2.06. The fourth-order valence-corrected chi connectivity index (χ4v) is 3.70. The molecule has 0 radical (unpaired) electrons. The van der Waals surface area contributed by atoms with E-state index in [0.29, 0.717) is 21.7 Å². The maximum atomic E-state index is 13.0. The van der Waals surface area contributed by atoms with E-state index >= 15 is 0 Å². The van der Waals surface area contributed by atoms with Crippen molar-refractivity contribution in [3.63, 3.8) is 0 Å². The minimum Gasteiger partial charge on any atom is -0.462 e. The molecule has 0 aliphatic carbocycles. The molecule has 4 nitrogen and oxygen atoms in total. The van der Waals surface area contributed by atoms with E-state index in [0.717, 1.165) is 10.9 Å². The van der Waals surface area contributed by atoms with Crippen molar-refractivity contribution in [2.75, 3.05) is 6.61 Å². The smallest absolute Gasteiger partial charge is 0.340 e. The molecule has 124 valence electrons. The topological polar surface area (TPSA) is 47.8 Å². The summed E-state index contributed by atoms with van der Waals surface area (Å²) in [6, 6.07) is 16.9. The summed E-state index contributed by atoms with van der Waals surface area (Å²) in [4.78, 5) is 26.0. The van der Waals surface area contributed by atoms with Crippen LogP contribution in [0.1, 0.15) is 32.6 Å². The number of fused-ring (bicyclic) bond motifs is 3. The van der Waals surface area contributed by atoms with Crippen molar-refractivity contribution < 1.29 is 14.3 Å². The molecule has 0 N–H and O–H groups in total. The third-order valence-electron chi connectivity index (χ3n) is 4.11. The fraction of sp³-hybridized carbons (Fsp3) is 0.100. The zero-order valence-electron chi connectivity index (χ0n) is 13.6. The molecule has 4 rings (SSSR count). The predicted molar refractivity (Wildman–Crippen MR) is 98.6 cm³/mol. The van der Waals surface area contributed by atoms with Gasteiger partial charge in [0, 0.05) is 0 Å². The minimum atomic E-state index is -0.416. The Bertz CT molecular complexity index is 1090. The van der Waals surface area contributed by atoms with E-state index in [2.05, 4.69) is 0 Å². The van der Waals surface area contributed by atoms with Gasteiger partial charge in [0.15, 0.2) is 0 Å². The Morgan fingerprint density at radius 2 is 1.88 bits per heavy atom. The van der Waals surface area contributed by atoms with Gasteiger partial charge in [-0.3, -0.25) is 4.79 Å². The maximum absolute atomic E-state index is 13.0. The molecular weight excluding hydrogens is 334 g/mol. The van der Waals surface area contributed by atoms with Gasteiger partial charge in [-0.25, -0.2) is 4.79 Å². The van der Waals surface area contributed by atoms with Crippen LogP contribution >= 0.6 is 11.3 Å². The zero-order chi connectivity index (χ0) is 17.4. The summed E-state index contributed by atoms with van der Waals surface area (Å²) in [6.07, 6.45) is 0. The number of ether oxygens (including phenoxy) is 1. The number of ketones is 1. The van der Waals surface area contributed by atoms with Crippen LogP contribution in [-0.2, 0) is 4.74 Å². The highest BCUT2D eigenvalue weighted by Gasteiger charge is 2.22. The fourth-order valence-electron chi connectivity index (χ4n) is 3.02. The largest absolute Gasteiger partial charge is 0.462 e. The highest BCUT2D eigenvalue weighted by atomic mass is 32.1. The lowest BCUT2D eigenvalue weighted by molar-refractivity contribution is 0.0529. The van der Waals surface area contributed by atoms with E-state index in [1.165, 1.54) is 11.3 Å². The first kappa shape index (κ1) is 15.6. The van der Waals surface area contributed by atoms with E-state index in [1.807, 2.05) is 52.2 Å². The van der Waals surface area contributed by atoms with Crippen LogP contribution in [0, 0.1) is 0 Å². The van der Waals surface area contributed by atoms with Gasteiger partial charge in [0.05, 0.1) is 33.8 Å². The van der Waals surface area contributed by atoms with Crippen molar-refractivity contribution in [1.29, 1.82) is 0 Å². The van der Waals surface area contributed by atoms with E-state index in [1.54, 1.807) is 19.1 Å². The third kappa shape index (κ3) is 2.53. The summed E-state index contributed by atoms with van der Waals surface area (Å²) in [7, 11) is 0. The summed E-state index contributed by atoms with van der Waals surface area (Å²) < 4.78 is 7.02. The molecule has 25 heavy (non-hydrogen) atoms. The molecule has 4 aromatic rings. The number of esters is 1. The van der Waals surface area contributed by atoms with Gasteiger partial charge in [-0.2, -0.15) is 0 Å². The first-order valence-corrected chi connectivity index (χ1v) is 8.87. The van der Waals surface area contributed by atoms with Crippen LogP contribution < -0.4 is 0 Å². The maximum Gasteiger partial charge on any atom is 0.340 e. The van der Waals surface area contributed by atoms with E-state index in [-0.39, 0.29) is 12.4 Å². The Balaban J connectivity index is 2.05. The van der Waals surface area contributed by atoms with Gasteiger partial charge < -0.3 is 9.14 Å². The highest BCUT2D eigenvalue weighted by molar-refractivity contribution is 7.12. The molecule has 0 amide bonds. The normalized spacial score (nSPS) is 11.1. The lowest BCUT2D eigenvalue weighted by Crippen LogP contribution is -2.04. The molecule has 0 saturated carbocycles. The van der Waals surface area contributed by atoms with Crippen molar-refractivity contribution in [2.45, 2.75) is 6.92 Å². The van der Waals surface area contributed by atoms with Gasteiger partial charge in [-0.1, -0.05) is 30.3 Å². The molecule has 0 aliphatic heterocycles. The SMILES string of the molecule is CCOC(=O)c1cc(C(=O)c2cccs2)n2c1ccc1ccccc12. The molecular formula is C20H15NO3S. The number of pyridine rings is 1. The van der Waals surface area contributed by atoms with Crippen LogP contribution in [0.3, 0.4) is 0 Å². The van der Waals surface area contributed by atoms with Crippen LogP contribution in [0.2, 0.25) is 0 Å². The average Bonchev–Trinajstić information content (AvgIpc) is 3.29. The Kier molecular flexibility index (Phi) is 3.86. The molecule has 0 unspecified atom stereocenters. The van der Waals surface area contributed by atoms with Crippen LogP contribution in [0.15, 0.2) is 60.0 Å². The number of aromatic nitrogens is 1. The van der Waals surface area contributed by atoms with Crippen LogP contribution in [0.25, 0.3) is 16.4 Å². The summed E-state index contributed by atoms with van der Waals surface area (Å²) >= 11 is 1.39. The van der Waals surface area contributed by atoms with Crippen LogP contribution in [0.5, 0.6) is 0 Å². The third-order valence-corrected chi connectivity index (χ3v) is 4.98. The molecule has 0 atom stereocenters. The van der Waals surface area contributed by atoms with E-state index in [9.17, 15) is 9.59 Å². The molecule has 5 heteroatoms. The molecule has 0 spiro atoms. The Hall–Kier alpha value is -2.92. The van der Waals surface area contributed by atoms with Crippen molar-refractivity contribution in [3.05, 3.63) is 76.1 Å². The lowest BCUT2D eigenvalue weighted by Gasteiger charge is -2.07. The predicted octanol–water partition coefficient (Wildman–Crippen LogP) is 4.56. The van der Waals surface area contributed by atoms with Gasteiger partial charge in [0.25, 0.3) is 0 Å². The van der Waals surface area contributed by atoms with E-state index in [4.69, 9.17) is 4.74 Å². The molecule has 0 aliphatic rings. The van der Waals surface area contributed by atoms with Gasteiger partial charge >= 0.3 is 5.97 Å². The molecule has 3 aromatic heterocycles. The molecule has 0 saturated heterocycles. The standard InChI is InChI=1S/C20H15NO3S/c1-2-24-20(23)14-12-17(19(22)18-8-5-11-25-18)21-15-7-4-3-6-13(15)9-10-16(14)21/h3-12H,2H2,1H3. The van der Waals surface area contributed by atoms with Crippen LogP contribution in [-0.4, -0.2) is 22.8 Å². The highest BCUT2D eigenvalue weighted by Crippen LogP contribution is 2.27. The second-order valence-electron chi connectivity index (χ2n) is 5.58. The van der Waals surface area contributed by atoms with Crippen molar-refractivity contribution >= 4 is 39.5 Å². The molecule has 1 aromatic carbocycles. The minimum absolute atomic E-state index is 0.100. The Morgan fingerprint density at radius 1 is 1.04 bits per heavy atom. The molecule has 3 heterocycles. The zero-order valence-corrected chi connectivity index (χ0v) is 14.4. The van der Waals surface area contributed by atoms with Gasteiger partial charge in [-0.05, 0) is 42.0 Å². The number of hydrogen-bond donors (Lipinski definition) is 0. The van der Waals surface area contributed by atoms with Gasteiger partial charge in [0.1, 0.15) is 0 Å². The number of carbonyl (C=O) groups is 2. The number of para-hydroxylation sites is 1. The monoisotopic (exact) mass is 349 g/mol.